The van der Waals surface area contributed by atoms with Crippen LogP contribution in [0, 0.1) is 23.2 Å². The number of carbonyl (C=O) groups is 3. The van der Waals surface area contributed by atoms with Gasteiger partial charge in [0.2, 0.25) is 5.91 Å². The number of aliphatic carboxylic acids is 1. The zero-order valence-corrected chi connectivity index (χ0v) is 18.6. The van der Waals surface area contributed by atoms with Crippen molar-refractivity contribution in [2.24, 2.45) is 28.9 Å². The molecule has 0 aromatic heterocycles. The van der Waals surface area contributed by atoms with Crippen LogP contribution in [0.25, 0.3) is 0 Å². The molecule has 0 spiro atoms. The first-order valence-electron chi connectivity index (χ1n) is 10.8. The molecule has 1 atom stereocenters. The average molecular weight is 477 g/mol. The summed E-state index contributed by atoms with van der Waals surface area (Å²) in [5, 5.41) is 9.96. The minimum absolute atomic E-state index is 0.000196. The van der Waals surface area contributed by atoms with E-state index in [-0.39, 0.29) is 24.2 Å². The Morgan fingerprint density at radius 1 is 1.07 bits per heavy atom. The zero-order chi connectivity index (χ0) is 21.5. The van der Waals surface area contributed by atoms with E-state index in [9.17, 15) is 19.5 Å². The number of rotatable bonds is 8. The van der Waals surface area contributed by atoms with Gasteiger partial charge in [0, 0.05) is 23.0 Å². The quantitative estimate of drug-likeness (QED) is 0.595. The first-order valence-corrected chi connectivity index (χ1v) is 11.6. The van der Waals surface area contributed by atoms with Gasteiger partial charge in [0.1, 0.15) is 6.04 Å². The molecule has 0 saturated heterocycles. The Balaban J connectivity index is 1.64. The van der Waals surface area contributed by atoms with Gasteiger partial charge in [0.15, 0.2) is 0 Å². The Kier molecular flexibility index (Phi) is 5.93. The minimum atomic E-state index is -1.08. The van der Waals surface area contributed by atoms with E-state index in [0.29, 0.717) is 29.9 Å². The zero-order valence-electron chi connectivity index (χ0n) is 17.1. The van der Waals surface area contributed by atoms with Gasteiger partial charge in [0.25, 0.3) is 5.91 Å². The molecule has 30 heavy (non-hydrogen) atoms. The number of benzene rings is 1. The number of carboxylic acid groups (broad SMARTS) is 1. The number of primary amides is 1. The first-order chi connectivity index (χ1) is 14.2. The minimum Gasteiger partial charge on any atom is -0.480 e. The molecule has 7 heteroatoms. The van der Waals surface area contributed by atoms with Gasteiger partial charge >= 0.3 is 5.97 Å². The fourth-order valence-corrected chi connectivity index (χ4v) is 6.88. The van der Waals surface area contributed by atoms with Crippen molar-refractivity contribution in [2.75, 3.05) is 6.54 Å². The predicted molar refractivity (Wildman–Crippen MR) is 116 cm³/mol. The topological polar surface area (TPSA) is 101 Å². The van der Waals surface area contributed by atoms with Crippen molar-refractivity contribution in [1.29, 1.82) is 0 Å². The molecule has 4 fully saturated rings. The van der Waals surface area contributed by atoms with Gasteiger partial charge in [-0.15, -0.1) is 0 Å². The number of halogens is 1. The summed E-state index contributed by atoms with van der Waals surface area (Å²) in [7, 11) is 0. The third-order valence-corrected chi connectivity index (χ3v) is 7.88. The maximum atomic E-state index is 13.5. The van der Waals surface area contributed by atoms with E-state index in [1.807, 2.05) is 0 Å². The third kappa shape index (κ3) is 4.41. The van der Waals surface area contributed by atoms with Gasteiger partial charge < -0.3 is 15.7 Å². The van der Waals surface area contributed by atoms with Crippen LogP contribution in [0.2, 0.25) is 0 Å². The van der Waals surface area contributed by atoms with Crippen LogP contribution >= 0.6 is 15.9 Å². The number of hydrogen-bond donors (Lipinski definition) is 2. The molecule has 162 valence electrons. The number of carbonyl (C=O) groups excluding carboxylic acids is 2. The Bertz CT molecular complexity index is 803. The fourth-order valence-electron chi connectivity index (χ4n) is 6.62. The SMILES string of the molecule is NC(=O)CC[C@@H](C(=O)O)N(CC12CC3CC(CC(C3)C1)C2)C(=O)c1ccc(Br)cc1. The third-order valence-electron chi connectivity index (χ3n) is 7.35. The lowest BCUT2D eigenvalue weighted by molar-refractivity contribution is -0.144. The summed E-state index contributed by atoms with van der Waals surface area (Å²) in [5.74, 6) is 0.202. The predicted octanol–water partition coefficient (Wildman–Crippen LogP) is 3.83. The lowest BCUT2D eigenvalue weighted by atomic mass is 9.49. The van der Waals surface area contributed by atoms with Crippen molar-refractivity contribution >= 4 is 33.7 Å². The first kappa shape index (κ1) is 21.3. The van der Waals surface area contributed by atoms with Crippen LogP contribution in [0.4, 0.5) is 0 Å². The molecular weight excluding hydrogens is 448 g/mol. The lowest BCUT2D eigenvalue weighted by Gasteiger charge is -2.58. The van der Waals surface area contributed by atoms with Crippen LogP contribution in [0.3, 0.4) is 0 Å². The summed E-state index contributed by atoms with van der Waals surface area (Å²) in [5.41, 5.74) is 5.76. The number of carboxylic acids is 1. The molecular formula is C23H29BrN2O4. The molecule has 4 aliphatic rings. The van der Waals surface area contributed by atoms with Gasteiger partial charge in [-0.25, -0.2) is 4.79 Å². The monoisotopic (exact) mass is 476 g/mol. The van der Waals surface area contributed by atoms with E-state index in [4.69, 9.17) is 5.73 Å². The highest BCUT2D eigenvalue weighted by molar-refractivity contribution is 9.10. The largest absolute Gasteiger partial charge is 0.480 e. The molecule has 1 aromatic carbocycles. The van der Waals surface area contributed by atoms with Crippen molar-refractivity contribution < 1.29 is 19.5 Å². The van der Waals surface area contributed by atoms with Crippen molar-refractivity contribution in [2.45, 2.75) is 57.4 Å². The second-order valence-corrected chi connectivity index (χ2v) is 10.6. The molecule has 4 aliphatic carbocycles. The van der Waals surface area contributed by atoms with Crippen molar-refractivity contribution in [3.05, 3.63) is 34.3 Å². The van der Waals surface area contributed by atoms with Gasteiger partial charge in [-0.1, -0.05) is 15.9 Å². The van der Waals surface area contributed by atoms with Crippen molar-refractivity contribution in [1.82, 2.24) is 4.90 Å². The highest BCUT2D eigenvalue weighted by atomic mass is 79.9. The Morgan fingerprint density at radius 2 is 1.60 bits per heavy atom. The van der Waals surface area contributed by atoms with Gasteiger partial charge in [-0.2, -0.15) is 0 Å². The number of nitrogens with two attached hydrogens (primary N) is 1. The van der Waals surface area contributed by atoms with Crippen LogP contribution in [-0.4, -0.2) is 40.4 Å². The summed E-state index contributed by atoms with van der Waals surface area (Å²) in [6.45, 7) is 0.446. The van der Waals surface area contributed by atoms with E-state index in [0.717, 1.165) is 23.7 Å². The van der Waals surface area contributed by atoms with Crippen LogP contribution in [-0.2, 0) is 9.59 Å². The molecule has 5 rings (SSSR count). The van der Waals surface area contributed by atoms with Gasteiger partial charge in [0.05, 0.1) is 0 Å². The van der Waals surface area contributed by atoms with Crippen molar-refractivity contribution in [3.63, 3.8) is 0 Å². The standard InChI is InChI=1S/C23H29BrN2O4/c24-18-3-1-17(2-4-18)21(28)26(19(22(29)30)5-6-20(25)27)13-23-10-14-7-15(11-23)9-16(8-14)12-23/h1-4,14-16,19H,5-13H2,(H2,25,27)(H,29,30)/t14?,15?,16?,19-,23?/m0/s1. The maximum absolute atomic E-state index is 13.5. The van der Waals surface area contributed by atoms with Gasteiger partial charge in [-0.3, -0.25) is 9.59 Å². The molecule has 0 heterocycles. The fraction of sp³-hybridized carbons (Fsp3) is 0.609. The maximum Gasteiger partial charge on any atom is 0.326 e. The van der Waals surface area contributed by atoms with Crippen LogP contribution in [0.15, 0.2) is 28.7 Å². The molecule has 2 amide bonds. The van der Waals surface area contributed by atoms with E-state index < -0.39 is 17.9 Å². The smallest absolute Gasteiger partial charge is 0.326 e. The van der Waals surface area contributed by atoms with Crippen molar-refractivity contribution in [3.8, 4) is 0 Å². The average Bonchev–Trinajstić information content (AvgIpc) is 2.65. The highest BCUT2D eigenvalue weighted by Crippen LogP contribution is 2.60. The molecule has 6 nitrogen and oxygen atoms in total. The molecule has 0 radical (unpaired) electrons. The molecule has 1 aromatic rings. The van der Waals surface area contributed by atoms with Crippen LogP contribution < -0.4 is 5.73 Å². The molecule has 0 unspecified atom stereocenters. The summed E-state index contributed by atoms with van der Waals surface area (Å²) in [4.78, 5) is 38.6. The second-order valence-electron chi connectivity index (χ2n) is 9.72. The number of amides is 2. The van der Waals surface area contributed by atoms with Gasteiger partial charge in [-0.05, 0) is 92.4 Å². The Morgan fingerprint density at radius 3 is 2.07 bits per heavy atom. The van der Waals surface area contributed by atoms with E-state index in [2.05, 4.69) is 15.9 Å². The number of hydrogen-bond acceptors (Lipinski definition) is 3. The number of nitrogens with zero attached hydrogens (tertiary/aromatic N) is 1. The second kappa shape index (κ2) is 8.33. The summed E-state index contributed by atoms with van der Waals surface area (Å²) >= 11 is 3.38. The highest BCUT2D eigenvalue weighted by Gasteiger charge is 2.52. The van der Waals surface area contributed by atoms with Crippen LogP contribution in [0.1, 0.15) is 61.7 Å². The van der Waals surface area contributed by atoms with E-state index in [1.54, 1.807) is 24.3 Å². The molecule has 4 bridgehead atoms. The summed E-state index contributed by atoms with van der Waals surface area (Å²) < 4.78 is 0.857. The molecule has 3 N–H and O–H groups in total. The van der Waals surface area contributed by atoms with Crippen LogP contribution in [0.5, 0.6) is 0 Å². The Hall–Kier alpha value is -1.89. The lowest BCUT2D eigenvalue weighted by Crippen LogP contribution is -2.55. The van der Waals surface area contributed by atoms with E-state index >= 15 is 0 Å². The molecule has 0 aliphatic heterocycles. The summed E-state index contributed by atoms with van der Waals surface area (Å²) in [6.07, 6.45) is 7.06. The normalized spacial score (nSPS) is 30.1. The van der Waals surface area contributed by atoms with E-state index in [1.165, 1.54) is 24.2 Å². The molecule has 4 saturated carbocycles. The summed E-state index contributed by atoms with van der Waals surface area (Å²) in [6, 6.07) is 5.95. The Labute approximate surface area is 185 Å².